The largest absolute Gasteiger partial charge is 0.548 e. The second kappa shape index (κ2) is 16.3. The van der Waals surface area contributed by atoms with Crippen LogP contribution in [0.15, 0.2) is 42.5 Å². The zero-order chi connectivity index (χ0) is 29.8. The van der Waals surface area contributed by atoms with Gasteiger partial charge in [0.05, 0.1) is 17.8 Å². The zero-order valence-corrected chi connectivity index (χ0v) is 26.3. The number of nitrogens with zero attached hydrogens (tertiary/aromatic N) is 1. The van der Waals surface area contributed by atoms with Crippen molar-refractivity contribution in [1.82, 2.24) is 9.62 Å². The van der Waals surface area contributed by atoms with Gasteiger partial charge in [-0.3, -0.25) is 4.79 Å². The number of rotatable bonds is 16. The lowest BCUT2D eigenvalue weighted by molar-refractivity contribution is -0.308. The molecule has 0 saturated heterocycles. The number of sulfonamides is 1. The molecule has 9 heteroatoms. The van der Waals surface area contributed by atoms with Crippen molar-refractivity contribution in [3.63, 3.8) is 0 Å². The first-order chi connectivity index (χ1) is 19.7. The molecular formula is C32H45N2O5S2-. The van der Waals surface area contributed by atoms with Gasteiger partial charge < -0.3 is 15.2 Å². The number of aryl methyl sites for hydroxylation is 1. The van der Waals surface area contributed by atoms with Gasteiger partial charge in [-0.2, -0.15) is 16.1 Å². The Balaban J connectivity index is 1.94. The summed E-state index contributed by atoms with van der Waals surface area (Å²) in [6.45, 7) is 4.67. The van der Waals surface area contributed by atoms with Crippen molar-refractivity contribution in [2.45, 2.75) is 84.2 Å². The molecule has 0 bridgehead atoms. The number of thioether (sulfide) groups is 1. The molecule has 1 aliphatic rings. The van der Waals surface area contributed by atoms with E-state index in [1.807, 2.05) is 50.4 Å². The van der Waals surface area contributed by atoms with Crippen LogP contribution in [0.1, 0.15) is 86.2 Å². The summed E-state index contributed by atoms with van der Waals surface area (Å²) in [5.74, 6) is -0.544. The molecule has 1 aliphatic carbocycles. The Morgan fingerprint density at radius 2 is 1.83 bits per heavy atom. The Kier molecular flexibility index (Phi) is 13.2. The third-order valence-electron chi connectivity index (χ3n) is 7.98. The smallest absolute Gasteiger partial charge is 0.252 e. The molecule has 41 heavy (non-hydrogen) atoms. The van der Waals surface area contributed by atoms with E-state index in [2.05, 4.69) is 5.32 Å². The fourth-order valence-electron chi connectivity index (χ4n) is 5.48. The van der Waals surface area contributed by atoms with Crippen molar-refractivity contribution >= 4 is 33.7 Å². The van der Waals surface area contributed by atoms with Gasteiger partial charge in [0.1, 0.15) is 0 Å². The van der Waals surface area contributed by atoms with Crippen LogP contribution in [0.2, 0.25) is 0 Å². The fourth-order valence-corrected chi connectivity index (χ4v) is 7.60. The molecule has 0 heterocycles. The Bertz CT molecular complexity index is 1260. The number of carbonyl (C=O) groups is 2. The summed E-state index contributed by atoms with van der Waals surface area (Å²) in [6.07, 6.45) is 10.4. The quantitative estimate of drug-likeness (QED) is 0.285. The third-order valence-corrected chi connectivity index (χ3v) is 10.5. The van der Waals surface area contributed by atoms with E-state index in [0.29, 0.717) is 35.8 Å². The number of carboxylic acids is 1. The van der Waals surface area contributed by atoms with Gasteiger partial charge in [-0.1, -0.05) is 75.8 Å². The van der Waals surface area contributed by atoms with Crippen LogP contribution in [0.4, 0.5) is 0 Å². The molecule has 0 aromatic heterocycles. The normalized spacial score (nSPS) is 15.1. The predicted molar refractivity (Wildman–Crippen MR) is 166 cm³/mol. The molecule has 1 unspecified atom stereocenters. The number of aliphatic carboxylic acids is 1. The van der Waals surface area contributed by atoms with Crippen molar-refractivity contribution < 1.29 is 23.1 Å². The Hall–Kier alpha value is -2.36. The van der Waals surface area contributed by atoms with Crippen LogP contribution < -0.4 is 10.4 Å². The average Bonchev–Trinajstić information content (AvgIpc) is 2.96. The predicted octanol–water partition coefficient (Wildman–Crippen LogP) is 5.17. The number of amides is 1. The molecule has 1 atom stereocenters. The van der Waals surface area contributed by atoms with Gasteiger partial charge in [0.25, 0.3) is 5.91 Å². The van der Waals surface area contributed by atoms with Gasteiger partial charge in [0, 0.05) is 18.7 Å². The van der Waals surface area contributed by atoms with Gasteiger partial charge in [-0.05, 0) is 78.5 Å². The summed E-state index contributed by atoms with van der Waals surface area (Å²) >= 11 is 1.50. The molecule has 0 aliphatic heterocycles. The molecule has 7 nitrogen and oxygen atoms in total. The average molecular weight is 602 g/mol. The highest BCUT2D eigenvalue weighted by Crippen LogP contribution is 2.30. The lowest BCUT2D eigenvalue weighted by Gasteiger charge is -2.27. The van der Waals surface area contributed by atoms with Gasteiger partial charge in [-0.25, -0.2) is 8.42 Å². The molecule has 226 valence electrons. The molecular weight excluding hydrogens is 556 g/mol. The molecule has 1 saturated carbocycles. The first-order valence-corrected chi connectivity index (χ1v) is 17.8. The van der Waals surface area contributed by atoms with E-state index in [1.165, 1.54) is 31.0 Å². The van der Waals surface area contributed by atoms with Gasteiger partial charge in [-0.15, -0.1) is 0 Å². The van der Waals surface area contributed by atoms with E-state index < -0.39 is 27.9 Å². The van der Waals surface area contributed by atoms with Crippen LogP contribution in [0.5, 0.6) is 0 Å². The van der Waals surface area contributed by atoms with Crippen LogP contribution in [0.25, 0.3) is 11.1 Å². The van der Waals surface area contributed by atoms with Gasteiger partial charge in [0.2, 0.25) is 10.0 Å². The highest BCUT2D eigenvalue weighted by molar-refractivity contribution is 7.98. The van der Waals surface area contributed by atoms with Gasteiger partial charge >= 0.3 is 0 Å². The second-order valence-electron chi connectivity index (χ2n) is 11.1. The molecule has 0 radical (unpaired) electrons. The van der Waals surface area contributed by atoms with E-state index in [1.54, 1.807) is 16.4 Å². The van der Waals surface area contributed by atoms with Crippen LogP contribution in [0, 0.1) is 12.8 Å². The van der Waals surface area contributed by atoms with Crippen molar-refractivity contribution in [1.29, 1.82) is 0 Å². The molecule has 2 aromatic carbocycles. The zero-order valence-electron chi connectivity index (χ0n) is 24.7. The highest BCUT2D eigenvalue weighted by Gasteiger charge is 2.25. The Morgan fingerprint density at radius 3 is 2.49 bits per heavy atom. The minimum atomic E-state index is -3.45. The van der Waals surface area contributed by atoms with Gasteiger partial charge in [0.15, 0.2) is 0 Å². The summed E-state index contributed by atoms with van der Waals surface area (Å²) in [5, 5.41) is 14.3. The SMILES string of the molecule is CCCCS(=O)(=O)N(CCC1CCCCC1)Cc1ccc(C(=O)NC(CCSC)C(=O)[O-])c(-c2ccccc2C)c1. The number of carboxylic acid groups (broad SMARTS) is 1. The number of carbonyl (C=O) groups excluding carboxylic acids is 2. The number of hydrogen-bond donors (Lipinski definition) is 1. The molecule has 2 aromatic rings. The third kappa shape index (κ3) is 9.86. The molecule has 0 spiro atoms. The maximum absolute atomic E-state index is 13.4. The van der Waals surface area contributed by atoms with Crippen LogP contribution >= 0.6 is 11.8 Å². The standard InChI is InChI=1S/C32H46N2O5S2/c1-4-5-21-41(38,39)34(19-17-25-12-7-6-8-13-25)23-26-15-16-28(29(22-26)27-14-10-9-11-24(27)2)31(35)33-30(32(36)37)18-20-40-3/h9-11,14-16,22,25,30H,4-8,12-13,17-21,23H2,1-3H3,(H,33,35)(H,36,37)/p-1. The molecule has 1 amide bonds. The molecule has 1 N–H and O–H groups in total. The van der Waals surface area contributed by atoms with E-state index in [0.717, 1.165) is 42.4 Å². The van der Waals surface area contributed by atoms with Crippen molar-refractivity contribution in [2.75, 3.05) is 24.3 Å². The first-order valence-electron chi connectivity index (χ1n) is 14.8. The monoisotopic (exact) mass is 601 g/mol. The van der Waals surface area contributed by atoms with Crippen molar-refractivity contribution in [3.8, 4) is 11.1 Å². The molecule has 1 fully saturated rings. The minimum absolute atomic E-state index is 0.125. The summed E-state index contributed by atoms with van der Waals surface area (Å²) < 4.78 is 28.5. The van der Waals surface area contributed by atoms with Crippen molar-refractivity contribution in [3.05, 3.63) is 59.2 Å². The fraction of sp³-hybridized carbons (Fsp3) is 0.562. The van der Waals surface area contributed by atoms with Crippen molar-refractivity contribution in [2.24, 2.45) is 5.92 Å². The number of nitrogens with one attached hydrogen (secondary N) is 1. The second-order valence-corrected chi connectivity index (χ2v) is 14.2. The van der Waals surface area contributed by atoms with E-state index in [-0.39, 0.29) is 18.7 Å². The lowest BCUT2D eigenvalue weighted by atomic mass is 9.87. The summed E-state index contributed by atoms with van der Waals surface area (Å²) in [7, 11) is -3.45. The number of benzene rings is 2. The number of hydrogen-bond acceptors (Lipinski definition) is 6. The van der Waals surface area contributed by atoms with E-state index in [9.17, 15) is 23.1 Å². The highest BCUT2D eigenvalue weighted by atomic mass is 32.2. The molecule has 3 rings (SSSR count). The Morgan fingerprint density at radius 1 is 1.10 bits per heavy atom. The lowest BCUT2D eigenvalue weighted by Crippen LogP contribution is -2.48. The Labute approximate surface area is 250 Å². The minimum Gasteiger partial charge on any atom is -0.548 e. The topological polar surface area (TPSA) is 107 Å². The van der Waals surface area contributed by atoms with E-state index >= 15 is 0 Å². The van der Waals surface area contributed by atoms with Crippen LogP contribution in [-0.4, -0.2) is 54.9 Å². The maximum Gasteiger partial charge on any atom is 0.252 e. The number of unbranched alkanes of at least 4 members (excludes halogenated alkanes) is 1. The summed E-state index contributed by atoms with van der Waals surface area (Å²) in [5.41, 5.74) is 3.60. The summed E-state index contributed by atoms with van der Waals surface area (Å²) in [6, 6.07) is 12.0. The first kappa shape index (κ1) is 33.1. The van der Waals surface area contributed by atoms with Crippen LogP contribution in [-0.2, 0) is 21.4 Å². The van der Waals surface area contributed by atoms with Crippen LogP contribution in [0.3, 0.4) is 0 Å². The van der Waals surface area contributed by atoms with E-state index in [4.69, 9.17) is 0 Å². The maximum atomic E-state index is 13.4. The summed E-state index contributed by atoms with van der Waals surface area (Å²) in [4.78, 5) is 25.1.